The zero-order chi connectivity index (χ0) is 13.4. The van der Waals surface area contributed by atoms with Crippen LogP contribution in [0, 0.1) is 0 Å². The van der Waals surface area contributed by atoms with Crippen LogP contribution < -0.4 is 8.07 Å². The number of rotatable bonds is 2. The number of hydrogen-bond donors (Lipinski definition) is 1. The third-order valence-electron chi connectivity index (χ3n) is 1.82. The average molecular weight is 354 g/mol. The van der Waals surface area contributed by atoms with Crippen molar-refractivity contribution in [2.75, 3.05) is 0 Å². The zero-order valence-electron chi connectivity index (χ0n) is 10.0. The van der Waals surface area contributed by atoms with Crippen LogP contribution in [0.5, 0.6) is 0 Å². The molecule has 0 aliphatic carbocycles. The summed E-state index contributed by atoms with van der Waals surface area (Å²) >= 11 is -0.778. The van der Waals surface area contributed by atoms with Crippen LogP contribution in [0.1, 0.15) is 6.92 Å². The second kappa shape index (κ2) is 8.17. The maximum absolute atomic E-state index is 9.00. The zero-order valence-corrected chi connectivity index (χ0v) is 12.7. The first kappa shape index (κ1) is 15.1. The fourth-order valence-corrected chi connectivity index (χ4v) is 4.81. The molecule has 0 spiro atoms. The summed E-state index contributed by atoms with van der Waals surface area (Å²) in [7, 11) is 3.00. The standard InChI is InChI=1S/2C6H5.C2H4O2.H2P.Pd/c2*1-2-4-6-5-3-1;1-2(3)4;;/h2*1-5H;1H3,(H,3,4);1H2;/q;;;-1;+1. The number of carboxylic acid groups (broad SMARTS) is 1. The summed E-state index contributed by atoms with van der Waals surface area (Å²) in [5.41, 5.74) is 0. The molecule has 99 valence electrons. The molecule has 0 radical (unpaired) electrons. The van der Waals surface area contributed by atoms with Gasteiger partial charge in [-0.2, -0.15) is 0 Å². The Morgan fingerprint density at radius 2 is 1.22 bits per heavy atom. The Labute approximate surface area is 115 Å². The van der Waals surface area contributed by atoms with E-state index >= 15 is 0 Å². The van der Waals surface area contributed by atoms with Crippen LogP contribution in [-0.4, -0.2) is 11.1 Å². The summed E-state index contributed by atoms with van der Waals surface area (Å²) in [6, 6.07) is 21.4. The van der Waals surface area contributed by atoms with Gasteiger partial charge in [0.05, 0.1) is 0 Å². The third-order valence-corrected chi connectivity index (χ3v) is 7.28. The van der Waals surface area contributed by atoms with Gasteiger partial charge >= 0.3 is 92.4 Å². The van der Waals surface area contributed by atoms with E-state index in [0.29, 0.717) is 0 Å². The van der Waals surface area contributed by atoms with Crippen molar-refractivity contribution in [3.63, 3.8) is 0 Å². The molecule has 4 heteroatoms. The van der Waals surface area contributed by atoms with Gasteiger partial charge in [0, 0.05) is 6.92 Å². The predicted octanol–water partition coefficient (Wildman–Crippen LogP) is 2.14. The summed E-state index contributed by atoms with van der Waals surface area (Å²) in [4.78, 5) is 9.00. The fourth-order valence-electron chi connectivity index (χ4n) is 1.14. The molecule has 0 aliphatic rings. The molecule has 2 aromatic carbocycles. The van der Waals surface area contributed by atoms with Gasteiger partial charge in [0.15, 0.2) is 0 Å². The van der Waals surface area contributed by atoms with E-state index in [1.54, 1.807) is 0 Å². The molecule has 1 N–H and O–H groups in total. The summed E-state index contributed by atoms with van der Waals surface area (Å²) in [6.45, 7) is 1.08. The van der Waals surface area contributed by atoms with Crippen LogP contribution >= 0.6 is 7.43 Å². The summed E-state index contributed by atoms with van der Waals surface area (Å²) < 4.78 is 2.91. The molecule has 0 heterocycles. The van der Waals surface area contributed by atoms with Gasteiger partial charge in [-0.05, 0) is 0 Å². The minimum atomic E-state index is -0.833. The number of aliphatic carboxylic acids is 1. The van der Waals surface area contributed by atoms with Crippen molar-refractivity contribution in [1.82, 2.24) is 0 Å². The van der Waals surface area contributed by atoms with E-state index in [4.69, 9.17) is 9.90 Å². The van der Waals surface area contributed by atoms with Gasteiger partial charge in [-0.25, -0.2) is 0 Å². The van der Waals surface area contributed by atoms with Gasteiger partial charge in [-0.3, -0.25) is 4.79 Å². The molecular weight excluding hydrogens is 338 g/mol. The summed E-state index contributed by atoms with van der Waals surface area (Å²) in [5, 5.41) is 7.42. The molecular formula is C14H16O2PPd. The first-order valence-electron chi connectivity index (χ1n) is 5.25. The first-order chi connectivity index (χ1) is 8.61. The third kappa shape index (κ3) is 5.56. The average Bonchev–Trinajstić information content (AvgIpc) is 2.39. The topological polar surface area (TPSA) is 37.3 Å². The van der Waals surface area contributed by atoms with E-state index < -0.39 is 22.2 Å². The van der Waals surface area contributed by atoms with Crippen LogP contribution in [0.3, 0.4) is 0 Å². The van der Waals surface area contributed by atoms with Crippen LogP contribution in [0.4, 0.5) is 0 Å². The van der Waals surface area contributed by atoms with Gasteiger partial charge in [0.25, 0.3) is 5.97 Å². The summed E-state index contributed by atoms with van der Waals surface area (Å²) in [6.07, 6.45) is 0. The summed E-state index contributed by atoms with van der Waals surface area (Å²) in [5.74, 6) is -0.833. The van der Waals surface area contributed by atoms with Crippen LogP contribution in [-0.2, 0) is 21.1 Å². The van der Waals surface area contributed by atoms with Gasteiger partial charge in [0.1, 0.15) is 0 Å². The van der Waals surface area contributed by atoms with Gasteiger partial charge in [-0.1, -0.05) is 0 Å². The second-order valence-electron chi connectivity index (χ2n) is 3.30. The van der Waals surface area contributed by atoms with Gasteiger partial charge in [0.2, 0.25) is 0 Å². The molecule has 2 rings (SSSR count). The number of carboxylic acids is 1. The van der Waals surface area contributed by atoms with Gasteiger partial charge in [-0.15, -0.1) is 0 Å². The first-order valence-corrected chi connectivity index (χ1v) is 9.86. The maximum atomic E-state index is 9.00. The van der Waals surface area contributed by atoms with Gasteiger partial charge < -0.3 is 5.11 Å². The van der Waals surface area contributed by atoms with Crippen LogP contribution in [0.15, 0.2) is 60.7 Å². The SMILES string of the molecule is CC(=O)O.[PH2][Pd]([c]1ccccc1)[c]1ccccc1. The van der Waals surface area contributed by atoms with Crippen molar-refractivity contribution in [3.05, 3.63) is 60.7 Å². The molecule has 0 saturated heterocycles. The quantitative estimate of drug-likeness (QED) is 0.663. The molecule has 0 fully saturated rings. The van der Waals surface area contributed by atoms with Crippen LogP contribution in [0.25, 0.3) is 0 Å². The van der Waals surface area contributed by atoms with E-state index in [1.807, 2.05) is 0 Å². The predicted molar refractivity (Wildman–Crippen MR) is 75.2 cm³/mol. The molecule has 0 aromatic heterocycles. The van der Waals surface area contributed by atoms with E-state index in [2.05, 4.69) is 68.1 Å². The molecule has 0 aliphatic heterocycles. The molecule has 1 atom stereocenters. The second-order valence-corrected chi connectivity index (χ2v) is 8.54. The van der Waals surface area contributed by atoms with Crippen molar-refractivity contribution in [1.29, 1.82) is 0 Å². The van der Waals surface area contributed by atoms with E-state index in [0.717, 1.165) is 6.92 Å². The molecule has 2 nitrogen and oxygen atoms in total. The normalized spacial score (nSPS) is 10.0. The van der Waals surface area contributed by atoms with E-state index in [9.17, 15) is 0 Å². The number of hydrogen-bond acceptors (Lipinski definition) is 1. The Kier molecular flexibility index (Phi) is 6.83. The Morgan fingerprint density at radius 3 is 1.50 bits per heavy atom. The fraction of sp³-hybridized carbons (Fsp3) is 0.0714. The Bertz CT molecular complexity index is 430. The Balaban J connectivity index is 0.000000357. The Morgan fingerprint density at radius 1 is 0.944 bits per heavy atom. The number of benzene rings is 2. The number of carbonyl (C=O) groups is 1. The minimum absolute atomic E-state index is 0.778. The van der Waals surface area contributed by atoms with Crippen molar-refractivity contribution in [2.24, 2.45) is 0 Å². The van der Waals surface area contributed by atoms with Crippen LogP contribution in [0.2, 0.25) is 0 Å². The molecule has 18 heavy (non-hydrogen) atoms. The van der Waals surface area contributed by atoms with Crippen molar-refractivity contribution in [3.8, 4) is 0 Å². The molecule has 0 saturated carbocycles. The molecule has 0 amide bonds. The molecule has 0 bridgehead atoms. The molecule has 1 unspecified atom stereocenters. The Hall–Kier alpha value is -0.998. The van der Waals surface area contributed by atoms with Crippen molar-refractivity contribution >= 4 is 21.5 Å². The van der Waals surface area contributed by atoms with Crippen molar-refractivity contribution < 1.29 is 26.2 Å². The molecule has 2 aromatic rings. The van der Waals surface area contributed by atoms with E-state index in [1.165, 1.54) is 8.07 Å². The van der Waals surface area contributed by atoms with Crippen molar-refractivity contribution in [2.45, 2.75) is 6.92 Å². The monoisotopic (exact) mass is 353 g/mol. The van der Waals surface area contributed by atoms with E-state index in [-0.39, 0.29) is 0 Å².